The van der Waals surface area contributed by atoms with Gasteiger partial charge in [-0.1, -0.05) is 12.1 Å². The van der Waals surface area contributed by atoms with E-state index in [9.17, 15) is 9.59 Å². The summed E-state index contributed by atoms with van der Waals surface area (Å²) in [7, 11) is 0. The summed E-state index contributed by atoms with van der Waals surface area (Å²) in [6.45, 7) is 6.47. The summed E-state index contributed by atoms with van der Waals surface area (Å²) in [4.78, 5) is 27.3. The number of carbonyl (C=O) groups excluding carboxylic acids is 2. The van der Waals surface area contributed by atoms with Crippen LogP contribution in [-0.2, 0) is 0 Å². The van der Waals surface area contributed by atoms with Gasteiger partial charge in [-0.25, -0.2) is 0 Å². The van der Waals surface area contributed by atoms with E-state index in [1.54, 1.807) is 19.9 Å². The second-order valence-electron chi connectivity index (χ2n) is 6.64. The number of rotatable bonds is 4. The first kappa shape index (κ1) is 19.0. The summed E-state index contributed by atoms with van der Waals surface area (Å²) in [6, 6.07) is 15.1. The number of hydrogen-bond acceptors (Lipinski definition) is 4. The van der Waals surface area contributed by atoms with Crippen molar-refractivity contribution >= 4 is 40.3 Å². The Morgan fingerprint density at radius 3 is 2.11 bits per heavy atom. The summed E-state index contributed by atoms with van der Waals surface area (Å²) >= 11 is 5.54. The highest BCUT2D eigenvalue weighted by Crippen LogP contribution is 2.19. The Balaban J connectivity index is 1.57. The number of anilines is 2. The number of hydrogen-bond donors (Lipinski definition) is 1. The molecule has 140 valence electrons. The number of ketones is 2. The lowest BCUT2D eigenvalue weighted by atomic mass is 10.1. The van der Waals surface area contributed by atoms with Crippen molar-refractivity contribution in [2.45, 2.75) is 13.8 Å². The normalized spacial score (nSPS) is 14.0. The summed E-state index contributed by atoms with van der Waals surface area (Å²) < 4.78 is 0. The van der Waals surface area contributed by atoms with Gasteiger partial charge in [-0.2, -0.15) is 0 Å². The lowest BCUT2D eigenvalue weighted by Crippen LogP contribution is -2.50. The molecule has 27 heavy (non-hydrogen) atoms. The van der Waals surface area contributed by atoms with Gasteiger partial charge in [0.25, 0.3) is 0 Å². The Labute approximate surface area is 165 Å². The van der Waals surface area contributed by atoms with Gasteiger partial charge in [0, 0.05) is 48.7 Å². The number of Topliss-reactive ketones (excluding diaryl/α,β-unsaturated/α-hetero) is 2. The second kappa shape index (κ2) is 8.31. The molecule has 5 nitrogen and oxygen atoms in total. The van der Waals surface area contributed by atoms with Crippen molar-refractivity contribution < 1.29 is 9.59 Å². The maximum Gasteiger partial charge on any atom is 0.173 e. The standard InChI is InChI=1S/C21H23N3O2S/c1-15(25)17-6-8-20(9-7-17)23-10-12-24(13-11-23)21(27)22-19-5-3-4-18(14-19)16(2)26/h3-9,14H,10-13H2,1-2H3,(H,22,27). The Morgan fingerprint density at radius 1 is 0.889 bits per heavy atom. The molecule has 0 aromatic heterocycles. The van der Waals surface area contributed by atoms with Crippen molar-refractivity contribution in [3.05, 3.63) is 59.7 Å². The predicted molar refractivity (Wildman–Crippen MR) is 113 cm³/mol. The fourth-order valence-corrected chi connectivity index (χ4v) is 3.39. The quantitative estimate of drug-likeness (QED) is 0.645. The minimum atomic E-state index is 0.0361. The largest absolute Gasteiger partial charge is 0.368 e. The van der Waals surface area contributed by atoms with Gasteiger partial charge in [-0.15, -0.1) is 0 Å². The van der Waals surface area contributed by atoms with Crippen LogP contribution in [0.25, 0.3) is 0 Å². The maximum absolute atomic E-state index is 11.5. The third kappa shape index (κ3) is 4.71. The van der Waals surface area contributed by atoms with E-state index in [1.807, 2.05) is 42.5 Å². The molecule has 3 rings (SSSR count). The van der Waals surface area contributed by atoms with Crippen LogP contribution >= 0.6 is 12.2 Å². The molecule has 0 bridgehead atoms. The topological polar surface area (TPSA) is 52.7 Å². The minimum Gasteiger partial charge on any atom is -0.368 e. The number of piperazine rings is 1. The Kier molecular flexibility index (Phi) is 5.86. The number of thiocarbonyl (C=S) groups is 1. The highest BCUT2D eigenvalue weighted by Gasteiger charge is 2.19. The molecule has 1 aliphatic heterocycles. The second-order valence-corrected chi connectivity index (χ2v) is 7.03. The Bertz CT molecular complexity index is 856. The minimum absolute atomic E-state index is 0.0361. The number of nitrogens with zero attached hydrogens (tertiary/aromatic N) is 2. The highest BCUT2D eigenvalue weighted by atomic mass is 32.1. The van der Waals surface area contributed by atoms with Gasteiger partial charge in [0.05, 0.1) is 0 Å². The first-order valence-corrected chi connectivity index (χ1v) is 9.38. The van der Waals surface area contributed by atoms with Crippen LogP contribution < -0.4 is 10.2 Å². The number of nitrogens with one attached hydrogen (secondary N) is 1. The summed E-state index contributed by atoms with van der Waals surface area (Å²) in [5, 5.41) is 3.90. The van der Waals surface area contributed by atoms with Crippen LogP contribution in [0.5, 0.6) is 0 Å². The van der Waals surface area contributed by atoms with Crippen molar-refractivity contribution in [2.75, 3.05) is 36.4 Å². The molecule has 6 heteroatoms. The van der Waals surface area contributed by atoms with E-state index in [2.05, 4.69) is 15.1 Å². The van der Waals surface area contributed by atoms with Gasteiger partial charge >= 0.3 is 0 Å². The summed E-state index contributed by atoms with van der Waals surface area (Å²) in [6.07, 6.45) is 0. The lowest BCUT2D eigenvalue weighted by molar-refractivity contribution is 0.100. The van der Waals surface area contributed by atoms with Crippen LogP contribution in [0.3, 0.4) is 0 Å². The van der Waals surface area contributed by atoms with E-state index in [1.165, 1.54) is 0 Å². The van der Waals surface area contributed by atoms with E-state index in [-0.39, 0.29) is 11.6 Å². The van der Waals surface area contributed by atoms with Gasteiger partial charge in [0.2, 0.25) is 0 Å². The molecule has 0 amide bonds. The highest BCUT2D eigenvalue weighted by molar-refractivity contribution is 7.80. The molecule has 0 aliphatic carbocycles. The first-order chi connectivity index (χ1) is 12.9. The van der Waals surface area contributed by atoms with Gasteiger partial charge in [-0.05, 0) is 62.5 Å². The summed E-state index contributed by atoms with van der Waals surface area (Å²) in [5.74, 6) is 0.116. The van der Waals surface area contributed by atoms with Crippen LogP contribution in [0.15, 0.2) is 48.5 Å². The van der Waals surface area contributed by atoms with Crippen molar-refractivity contribution in [1.29, 1.82) is 0 Å². The summed E-state index contributed by atoms with van der Waals surface area (Å²) in [5.41, 5.74) is 3.35. The molecule has 1 N–H and O–H groups in total. The predicted octanol–water partition coefficient (Wildman–Crippen LogP) is 3.61. The zero-order valence-corrected chi connectivity index (χ0v) is 16.4. The van der Waals surface area contributed by atoms with Crippen molar-refractivity contribution in [3.63, 3.8) is 0 Å². The van der Waals surface area contributed by atoms with Crippen LogP contribution in [-0.4, -0.2) is 47.8 Å². The molecule has 1 aliphatic rings. The van der Waals surface area contributed by atoms with Crippen molar-refractivity contribution in [2.24, 2.45) is 0 Å². The van der Waals surface area contributed by atoms with Crippen LogP contribution in [0.2, 0.25) is 0 Å². The van der Waals surface area contributed by atoms with E-state index in [0.29, 0.717) is 10.7 Å². The molecule has 1 saturated heterocycles. The van der Waals surface area contributed by atoms with Gasteiger partial charge in [0.1, 0.15) is 0 Å². The Hall–Kier alpha value is -2.73. The monoisotopic (exact) mass is 381 g/mol. The molecule has 0 spiro atoms. The molecule has 2 aromatic carbocycles. The fraction of sp³-hybridized carbons (Fsp3) is 0.286. The molecule has 0 saturated carbocycles. The zero-order chi connectivity index (χ0) is 19.4. The van der Waals surface area contributed by atoms with Crippen molar-refractivity contribution in [1.82, 2.24) is 4.90 Å². The third-order valence-electron chi connectivity index (χ3n) is 4.73. The molecule has 2 aromatic rings. The maximum atomic E-state index is 11.5. The van der Waals surface area contributed by atoms with Crippen LogP contribution in [0.1, 0.15) is 34.6 Å². The van der Waals surface area contributed by atoms with Gasteiger partial charge in [0.15, 0.2) is 16.7 Å². The average molecular weight is 382 g/mol. The lowest BCUT2D eigenvalue weighted by Gasteiger charge is -2.37. The molecule has 1 heterocycles. The van der Waals surface area contributed by atoms with Crippen LogP contribution in [0.4, 0.5) is 11.4 Å². The number of carbonyl (C=O) groups is 2. The molecule has 0 atom stereocenters. The third-order valence-corrected chi connectivity index (χ3v) is 5.09. The van der Waals surface area contributed by atoms with Gasteiger partial charge in [-0.3, -0.25) is 9.59 Å². The van der Waals surface area contributed by atoms with Gasteiger partial charge < -0.3 is 15.1 Å². The first-order valence-electron chi connectivity index (χ1n) is 8.97. The van der Waals surface area contributed by atoms with E-state index >= 15 is 0 Å². The SMILES string of the molecule is CC(=O)c1ccc(N2CCN(C(=S)Nc3cccc(C(C)=O)c3)CC2)cc1. The zero-order valence-electron chi connectivity index (χ0n) is 15.6. The molecule has 0 radical (unpaired) electrons. The van der Waals surface area contributed by atoms with E-state index in [4.69, 9.17) is 12.2 Å². The average Bonchev–Trinajstić information content (AvgIpc) is 2.68. The van der Waals surface area contributed by atoms with Crippen molar-refractivity contribution in [3.8, 4) is 0 Å². The molecular weight excluding hydrogens is 358 g/mol. The smallest absolute Gasteiger partial charge is 0.173 e. The molecular formula is C21H23N3O2S. The molecule has 0 unspecified atom stereocenters. The van der Waals surface area contributed by atoms with E-state index < -0.39 is 0 Å². The van der Waals surface area contributed by atoms with E-state index in [0.717, 1.165) is 43.1 Å². The molecule has 1 fully saturated rings. The Morgan fingerprint density at radius 2 is 1.52 bits per heavy atom. The fourth-order valence-electron chi connectivity index (χ4n) is 3.09. The van der Waals surface area contributed by atoms with Crippen LogP contribution in [0, 0.1) is 0 Å². The number of benzene rings is 2.